The average Bonchev–Trinajstić information content (AvgIpc) is 2.70. The second-order valence-electron chi connectivity index (χ2n) is 4.74. The van der Waals surface area contributed by atoms with Gasteiger partial charge >= 0.3 is 12.0 Å². The number of rotatable bonds is 4. The predicted molar refractivity (Wildman–Crippen MR) is 68.6 cm³/mol. The fourth-order valence-corrected chi connectivity index (χ4v) is 2.41. The number of likely N-dealkylation sites (tertiary alicyclic amines) is 1. The Morgan fingerprint density at radius 3 is 2.53 bits per heavy atom. The Bertz CT molecular complexity index is 372. The molecule has 0 aromatic rings. The quantitative estimate of drug-likeness (QED) is 0.669. The van der Waals surface area contributed by atoms with E-state index in [4.69, 9.17) is 5.11 Å². The largest absolute Gasteiger partial charge is 0.481 e. The van der Waals surface area contributed by atoms with Crippen molar-refractivity contribution >= 4 is 17.9 Å². The molecular weight excluding hydrogens is 250 g/mol. The first kappa shape index (κ1) is 15.4. The molecule has 1 rings (SSSR count). The third-order valence-corrected chi connectivity index (χ3v) is 3.57. The number of imide groups is 1. The van der Waals surface area contributed by atoms with Gasteiger partial charge in [0, 0.05) is 19.1 Å². The van der Waals surface area contributed by atoms with Gasteiger partial charge in [-0.2, -0.15) is 0 Å². The monoisotopic (exact) mass is 271 g/mol. The summed E-state index contributed by atoms with van der Waals surface area (Å²) >= 11 is 0. The molecule has 7 nitrogen and oxygen atoms in total. The third kappa shape index (κ3) is 3.66. The fourth-order valence-electron chi connectivity index (χ4n) is 2.41. The molecule has 7 heteroatoms. The number of nitrogens with zero attached hydrogens (tertiary/aromatic N) is 1. The highest BCUT2D eigenvalue weighted by atomic mass is 16.4. The number of carbonyl (C=O) groups excluding carboxylic acids is 2. The van der Waals surface area contributed by atoms with Crippen LogP contribution in [0, 0.1) is 5.92 Å². The van der Waals surface area contributed by atoms with E-state index in [0.29, 0.717) is 19.5 Å². The maximum Gasteiger partial charge on any atom is 0.321 e. The van der Waals surface area contributed by atoms with Crippen molar-refractivity contribution in [3.63, 3.8) is 0 Å². The van der Waals surface area contributed by atoms with E-state index in [1.54, 1.807) is 20.8 Å². The molecule has 0 bridgehead atoms. The first-order valence-corrected chi connectivity index (χ1v) is 6.45. The van der Waals surface area contributed by atoms with Crippen LogP contribution < -0.4 is 10.6 Å². The molecule has 1 aliphatic heterocycles. The van der Waals surface area contributed by atoms with Crippen molar-refractivity contribution in [2.24, 2.45) is 5.92 Å². The van der Waals surface area contributed by atoms with Gasteiger partial charge in [-0.05, 0) is 27.2 Å². The van der Waals surface area contributed by atoms with Gasteiger partial charge in [-0.25, -0.2) is 4.79 Å². The van der Waals surface area contributed by atoms with Crippen LogP contribution in [0.4, 0.5) is 4.79 Å². The lowest BCUT2D eigenvalue weighted by Gasteiger charge is -2.28. The SMILES string of the molecule is CCNC(=O)NC(=O)C(C)N1CCC(C(=O)O)C1C. The molecule has 0 aromatic heterocycles. The molecule has 1 fully saturated rings. The van der Waals surface area contributed by atoms with Crippen LogP contribution >= 0.6 is 0 Å². The zero-order chi connectivity index (χ0) is 14.6. The fraction of sp³-hybridized carbons (Fsp3) is 0.750. The normalized spacial score (nSPS) is 24.8. The molecule has 108 valence electrons. The molecule has 0 saturated carbocycles. The van der Waals surface area contributed by atoms with E-state index in [1.807, 2.05) is 4.90 Å². The highest BCUT2D eigenvalue weighted by molar-refractivity contribution is 5.96. The summed E-state index contributed by atoms with van der Waals surface area (Å²) in [5, 5.41) is 13.8. The van der Waals surface area contributed by atoms with Gasteiger partial charge in [0.1, 0.15) is 0 Å². The number of hydrogen-bond donors (Lipinski definition) is 3. The number of carbonyl (C=O) groups is 3. The minimum atomic E-state index is -0.841. The lowest BCUT2D eigenvalue weighted by molar-refractivity contribution is -0.143. The van der Waals surface area contributed by atoms with E-state index < -0.39 is 29.9 Å². The molecule has 3 amide bonds. The Kier molecular flexibility index (Phi) is 5.29. The van der Waals surface area contributed by atoms with Crippen molar-refractivity contribution in [2.75, 3.05) is 13.1 Å². The van der Waals surface area contributed by atoms with Gasteiger partial charge in [-0.3, -0.25) is 19.8 Å². The second-order valence-corrected chi connectivity index (χ2v) is 4.74. The highest BCUT2D eigenvalue weighted by Gasteiger charge is 2.39. The van der Waals surface area contributed by atoms with E-state index >= 15 is 0 Å². The first-order valence-electron chi connectivity index (χ1n) is 6.45. The van der Waals surface area contributed by atoms with Gasteiger partial charge in [0.05, 0.1) is 12.0 Å². The molecule has 3 unspecified atom stereocenters. The van der Waals surface area contributed by atoms with E-state index in [9.17, 15) is 14.4 Å². The number of hydrogen-bond acceptors (Lipinski definition) is 4. The van der Waals surface area contributed by atoms with Gasteiger partial charge in [0.15, 0.2) is 0 Å². The topological polar surface area (TPSA) is 98.7 Å². The lowest BCUT2D eigenvalue weighted by atomic mass is 10.0. The maximum atomic E-state index is 11.9. The van der Waals surface area contributed by atoms with Crippen LogP contribution in [0.5, 0.6) is 0 Å². The first-order chi connectivity index (χ1) is 8.88. The van der Waals surface area contributed by atoms with E-state index in [-0.39, 0.29) is 6.04 Å². The minimum absolute atomic E-state index is 0.215. The Morgan fingerprint density at radius 2 is 2.05 bits per heavy atom. The van der Waals surface area contributed by atoms with Crippen molar-refractivity contribution in [3.05, 3.63) is 0 Å². The van der Waals surface area contributed by atoms with Crippen LogP contribution in [-0.2, 0) is 9.59 Å². The average molecular weight is 271 g/mol. The lowest BCUT2D eigenvalue weighted by Crippen LogP contribution is -2.51. The Labute approximate surface area is 112 Å². The van der Waals surface area contributed by atoms with E-state index in [1.165, 1.54) is 0 Å². The molecule has 3 N–H and O–H groups in total. The zero-order valence-corrected chi connectivity index (χ0v) is 11.5. The van der Waals surface area contributed by atoms with Crippen molar-refractivity contribution in [1.29, 1.82) is 0 Å². The van der Waals surface area contributed by atoms with Gasteiger partial charge < -0.3 is 10.4 Å². The molecule has 0 radical (unpaired) electrons. The standard InChI is InChI=1S/C12H21N3O4/c1-4-13-12(19)14-10(16)8(3)15-6-5-9(7(15)2)11(17)18/h7-9H,4-6H2,1-3H3,(H,17,18)(H2,13,14,16,19). The van der Waals surface area contributed by atoms with Gasteiger partial charge in [0.25, 0.3) is 0 Å². The summed E-state index contributed by atoms with van der Waals surface area (Å²) in [6.07, 6.45) is 0.523. The van der Waals surface area contributed by atoms with Crippen molar-refractivity contribution in [1.82, 2.24) is 15.5 Å². The molecule has 0 aromatic carbocycles. The number of urea groups is 1. The van der Waals surface area contributed by atoms with E-state index in [0.717, 1.165) is 0 Å². The van der Waals surface area contributed by atoms with Gasteiger partial charge in [-0.15, -0.1) is 0 Å². The molecule has 0 spiro atoms. The van der Waals surface area contributed by atoms with Crippen LogP contribution in [0.3, 0.4) is 0 Å². The third-order valence-electron chi connectivity index (χ3n) is 3.57. The number of aliphatic carboxylic acids is 1. The van der Waals surface area contributed by atoms with Crippen molar-refractivity contribution in [2.45, 2.75) is 39.3 Å². The Hall–Kier alpha value is -1.63. The Balaban J connectivity index is 2.58. The Morgan fingerprint density at radius 1 is 1.42 bits per heavy atom. The van der Waals surface area contributed by atoms with Gasteiger partial charge in [0.2, 0.25) is 5.91 Å². The summed E-state index contributed by atoms with van der Waals surface area (Å²) < 4.78 is 0. The predicted octanol–water partition coefficient (Wildman–Crippen LogP) is 0.0156. The number of carboxylic acids is 1. The van der Waals surface area contributed by atoms with Crippen LogP contribution in [0.1, 0.15) is 27.2 Å². The van der Waals surface area contributed by atoms with Crippen molar-refractivity contribution in [3.8, 4) is 0 Å². The van der Waals surface area contributed by atoms with Gasteiger partial charge in [-0.1, -0.05) is 0 Å². The maximum absolute atomic E-state index is 11.9. The van der Waals surface area contributed by atoms with E-state index in [2.05, 4.69) is 10.6 Å². The molecule has 0 aliphatic carbocycles. The van der Waals surface area contributed by atoms with Crippen LogP contribution in [0.25, 0.3) is 0 Å². The van der Waals surface area contributed by atoms with Crippen molar-refractivity contribution < 1.29 is 19.5 Å². The van der Waals surface area contributed by atoms with Crippen LogP contribution in [0.2, 0.25) is 0 Å². The van der Waals surface area contributed by atoms with Crippen LogP contribution in [-0.4, -0.2) is 53.1 Å². The summed E-state index contributed by atoms with van der Waals surface area (Å²) in [5.41, 5.74) is 0. The molecule has 1 aliphatic rings. The zero-order valence-electron chi connectivity index (χ0n) is 11.5. The second kappa shape index (κ2) is 6.51. The number of amides is 3. The molecule has 1 saturated heterocycles. The molecule has 1 heterocycles. The summed E-state index contributed by atoms with van der Waals surface area (Å²) in [6.45, 7) is 6.21. The molecular formula is C12H21N3O4. The molecule has 3 atom stereocenters. The summed E-state index contributed by atoms with van der Waals surface area (Å²) in [7, 11) is 0. The smallest absolute Gasteiger partial charge is 0.321 e. The van der Waals surface area contributed by atoms with Crippen LogP contribution in [0.15, 0.2) is 0 Å². The number of nitrogens with one attached hydrogen (secondary N) is 2. The summed E-state index contributed by atoms with van der Waals surface area (Å²) in [6, 6.07) is -1.27. The summed E-state index contributed by atoms with van der Waals surface area (Å²) in [5.74, 6) is -1.71. The number of carboxylic acid groups (broad SMARTS) is 1. The summed E-state index contributed by atoms with van der Waals surface area (Å²) in [4.78, 5) is 36.0. The minimum Gasteiger partial charge on any atom is -0.481 e. The highest BCUT2D eigenvalue weighted by Crippen LogP contribution is 2.26. The molecule has 19 heavy (non-hydrogen) atoms.